The van der Waals surface area contributed by atoms with Crippen LogP contribution in [0.5, 0.6) is 0 Å². The molecule has 0 bridgehead atoms. The van der Waals surface area contributed by atoms with E-state index >= 15 is 0 Å². The first-order chi connectivity index (χ1) is 10.6. The van der Waals surface area contributed by atoms with E-state index in [0.717, 1.165) is 30.6 Å². The Morgan fingerprint density at radius 1 is 1.50 bits per heavy atom. The number of amides is 1. The standard InChI is InChI=1S/C17H22N2O3/c1-11(2)16-18-14-8-13(4-5-15(14)22-16)17(20)19-7-6-12(9-19)10-21-3/h4-5,8,11-12H,6-7,9-10H2,1-3H3/t12-/m0/s1. The number of ether oxygens (including phenoxy) is 1. The molecule has 22 heavy (non-hydrogen) atoms. The number of carbonyl (C=O) groups is 1. The van der Waals surface area contributed by atoms with Gasteiger partial charge in [0.25, 0.3) is 5.91 Å². The third-order valence-corrected chi connectivity index (χ3v) is 4.12. The minimum atomic E-state index is 0.0644. The first kappa shape index (κ1) is 15.0. The van der Waals surface area contributed by atoms with Crippen molar-refractivity contribution in [1.82, 2.24) is 9.88 Å². The summed E-state index contributed by atoms with van der Waals surface area (Å²) in [4.78, 5) is 19.0. The van der Waals surface area contributed by atoms with E-state index in [2.05, 4.69) is 4.98 Å². The van der Waals surface area contributed by atoms with Crippen LogP contribution >= 0.6 is 0 Å². The predicted octanol–water partition coefficient (Wildman–Crippen LogP) is 3.06. The quantitative estimate of drug-likeness (QED) is 0.871. The third kappa shape index (κ3) is 2.86. The number of oxazole rings is 1. The molecule has 0 N–H and O–H groups in total. The van der Waals surface area contributed by atoms with Crippen molar-refractivity contribution in [3.63, 3.8) is 0 Å². The van der Waals surface area contributed by atoms with Gasteiger partial charge in [-0.25, -0.2) is 4.98 Å². The van der Waals surface area contributed by atoms with Gasteiger partial charge in [0.1, 0.15) is 5.52 Å². The summed E-state index contributed by atoms with van der Waals surface area (Å²) in [5.41, 5.74) is 2.16. The van der Waals surface area contributed by atoms with Gasteiger partial charge in [0, 0.05) is 37.6 Å². The molecule has 1 saturated heterocycles. The summed E-state index contributed by atoms with van der Waals surface area (Å²) in [6.45, 7) is 6.35. The molecule has 1 aromatic carbocycles. The molecule has 1 amide bonds. The molecule has 5 heteroatoms. The molecule has 3 rings (SSSR count). The van der Waals surface area contributed by atoms with Crippen LogP contribution in [0.4, 0.5) is 0 Å². The Labute approximate surface area is 130 Å². The molecule has 0 spiro atoms. The topological polar surface area (TPSA) is 55.6 Å². The smallest absolute Gasteiger partial charge is 0.253 e. The van der Waals surface area contributed by atoms with Gasteiger partial charge in [0.05, 0.1) is 6.61 Å². The van der Waals surface area contributed by atoms with Crippen molar-refractivity contribution < 1.29 is 13.9 Å². The van der Waals surface area contributed by atoms with Crippen LogP contribution in [0.15, 0.2) is 22.6 Å². The molecule has 118 valence electrons. The van der Waals surface area contributed by atoms with Gasteiger partial charge in [0.15, 0.2) is 11.5 Å². The van der Waals surface area contributed by atoms with E-state index in [1.54, 1.807) is 7.11 Å². The molecule has 0 saturated carbocycles. The van der Waals surface area contributed by atoms with E-state index in [4.69, 9.17) is 9.15 Å². The van der Waals surface area contributed by atoms with Crippen LogP contribution in [0.25, 0.3) is 11.1 Å². The lowest BCUT2D eigenvalue weighted by Gasteiger charge is -2.16. The van der Waals surface area contributed by atoms with Crippen LogP contribution in [-0.2, 0) is 4.74 Å². The number of fused-ring (bicyclic) bond motifs is 1. The van der Waals surface area contributed by atoms with E-state index in [1.165, 1.54) is 0 Å². The number of methoxy groups -OCH3 is 1. The van der Waals surface area contributed by atoms with Crippen molar-refractivity contribution in [2.45, 2.75) is 26.2 Å². The molecule has 5 nitrogen and oxygen atoms in total. The molecule has 1 aromatic heterocycles. The lowest BCUT2D eigenvalue weighted by atomic mass is 10.1. The summed E-state index contributed by atoms with van der Waals surface area (Å²) in [5.74, 6) is 1.45. The summed E-state index contributed by atoms with van der Waals surface area (Å²) in [6.07, 6.45) is 1.00. The van der Waals surface area contributed by atoms with Gasteiger partial charge >= 0.3 is 0 Å². The Bertz CT molecular complexity index is 678. The fourth-order valence-electron chi connectivity index (χ4n) is 2.90. The number of carbonyl (C=O) groups excluding carboxylic acids is 1. The number of nitrogens with zero attached hydrogens (tertiary/aromatic N) is 2. The molecule has 2 heterocycles. The zero-order valence-electron chi connectivity index (χ0n) is 13.3. The first-order valence-corrected chi connectivity index (χ1v) is 7.77. The van der Waals surface area contributed by atoms with E-state index < -0.39 is 0 Å². The highest BCUT2D eigenvalue weighted by Gasteiger charge is 2.27. The SMILES string of the molecule is COC[C@H]1CCN(C(=O)c2ccc3oc(C(C)C)nc3c2)C1. The monoisotopic (exact) mass is 302 g/mol. The van der Waals surface area contributed by atoms with Crippen LogP contribution in [0.3, 0.4) is 0 Å². The van der Waals surface area contributed by atoms with Crippen molar-refractivity contribution in [1.29, 1.82) is 0 Å². The van der Waals surface area contributed by atoms with Gasteiger partial charge in [-0.15, -0.1) is 0 Å². The predicted molar refractivity (Wildman–Crippen MR) is 84.0 cm³/mol. The maximum Gasteiger partial charge on any atom is 0.253 e. The van der Waals surface area contributed by atoms with Crippen LogP contribution < -0.4 is 0 Å². The molecule has 0 unspecified atom stereocenters. The Morgan fingerprint density at radius 2 is 2.32 bits per heavy atom. The summed E-state index contributed by atoms with van der Waals surface area (Å²) in [7, 11) is 1.70. The molecule has 0 aliphatic carbocycles. The second-order valence-electron chi connectivity index (χ2n) is 6.25. The van der Waals surface area contributed by atoms with Gasteiger partial charge < -0.3 is 14.1 Å². The number of aromatic nitrogens is 1. The molecular formula is C17H22N2O3. The number of hydrogen-bond acceptors (Lipinski definition) is 4. The van der Waals surface area contributed by atoms with Gasteiger partial charge in [-0.05, 0) is 24.6 Å². The second kappa shape index (κ2) is 6.08. The summed E-state index contributed by atoms with van der Waals surface area (Å²) in [6, 6.07) is 5.49. The molecule has 1 aliphatic heterocycles. The lowest BCUT2D eigenvalue weighted by Crippen LogP contribution is -2.29. The zero-order valence-corrected chi connectivity index (χ0v) is 13.3. The van der Waals surface area contributed by atoms with Crippen LogP contribution in [0.1, 0.15) is 42.4 Å². The number of rotatable bonds is 4. The Kier molecular flexibility index (Phi) is 4.16. The average molecular weight is 302 g/mol. The average Bonchev–Trinajstić information content (AvgIpc) is 3.12. The summed E-state index contributed by atoms with van der Waals surface area (Å²) >= 11 is 0. The van der Waals surface area contributed by atoms with Crippen molar-refractivity contribution in [2.24, 2.45) is 5.92 Å². The Morgan fingerprint density at radius 3 is 3.05 bits per heavy atom. The van der Waals surface area contributed by atoms with Gasteiger partial charge in [0.2, 0.25) is 0 Å². The maximum absolute atomic E-state index is 12.6. The van der Waals surface area contributed by atoms with Gasteiger partial charge in [-0.1, -0.05) is 13.8 Å². The van der Waals surface area contributed by atoms with Crippen LogP contribution in [0.2, 0.25) is 0 Å². The molecule has 1 aliphatic rings. The van der Waals surface area contributed by atoms with Crippen LogP contribution in [0, 0.1) is 5.92 Å². The largest absolute Gasteiger partial charge is 0.440 e. The third-order valence-electron chi connectivity index (χ3n) is 4.12. The molecule has 1 atom stereocenters. The second-order valence-corrected chi connectivity index (χ2v) is 6.25. The van der Waals surface area contributed by atoms with E-state index in [-0.39, 0.29) is 11.8 Å². The van der Waals surface area contributed by atoms with Crippen molar-refractivity contribution in [2.75, 3.05) is 26.8 Å². The minimum Gasteiger partial charge on any atom is -0.440 e. The van der Waals surface area contributed by atoms with E-state index in [9.17, 15) is 4.79 Å². The summed E-state index contributed by atoms with van der Waals surface area (Å²) in [5, 5.41) is 0. The minimum absolute atomic E-state index is 0.0644. The lowest BCUT2D eigenvalue weighted by molar-refractivity contribution is 0.0775. The zero-order chi connectivity index (χ0) is 15.7. The normalized spacial score (nSPS) is 18.5. The van der Waals surface area contributed by atoms with E-state index in [0.29, 0.717) is 24.0 Å². The number of benzene rings is 1. The Balaban J connectivity index is 1.79. The van der Waals surface area contributed by atoms with Crippen molar-refractivity contribution in [3.05, 3.63) is 29.7 Å². The van der Waals surface area contributed by atoms with Gasteiger partial charge in [-0.3, -0.25) is 4.79 Å². The number of hydrogen-bond donors (Lipinski definition) is 0. The van der Waals surface area contributed by atoms with Gasteiger partial charge in [-0.2, -0.15) is 0 Å². The fourth-order valence-corrected chi connectivity index (χ4v) is 2.90. The highest BCUT2D eigenvalue weighted by molar-refractivity contribution is 5.97. The Hall–Kier alpha value is -1.88. The molecule has 2 aromatic rings. The van der Waals surface area contributed by atoms with Crippen LogP contribution in [-0.4, -0.2) is 42.6 Å². The molecule has 0 radical (unpaired) electrons. The fraction of sp³-hybridized carbons (Fsp3) is 0.529. The number of likely N-dealkylation sites (tertiary alicyclic amines) is 1. The molecule has 1 fully saturated rings. The van der Waals surface area contributed by atoms with E-state index in [1.807, 2.05) is 36.9 Å². The van der Waals surface area contributed by atoms with Crippen molar-refractivity contribution >= 4 is 17.0 Å². The van der Waals surface area contributed by atoms with Crippen molar-refractivity contribution in [3.8, 4) is 0 Å². The molecular weight excluding hydrogens is 280 g/mol. The highest BCUT2D eigenvalue weighted by atomic mass is 16.5. The highest BCUT2D eigenvalue weighted by Crippen LogP contribution is 2.24. The maximum atomic E-state index is 12.6. The summed E-state index contributed by atoms with van der Waals surface area (Å²) < 4.78 is 10.9. The first-order valence-electron chi connectivity index (χ1n) is 7.77.